The van der Waals surface area contributed by atoms with E-state index >= 15 is 0 Å². The summed E-state index contributed by atoms with van der Waals surface area (Å²) < 4.78 is 20.8. The maximum Gasteiger partial charge on any atom is 0.339 e. The van der Waals surface area contributed by atoms with Crippen LogP contribution in [0, 0.1) is 0 Å². The number of benzene rings is 2. The minimum atomic E-state index is -0.545. The topological polar surface area (TPSA) is 99.4 Å². The van der Waals surface area contributed by atoms with Crippen molar-refractivity contribution in [2.45, 2.75) is 0 Å². The van der Waals surface area contributed by atoms with E-state index in [1.165, 1.54) is 27.5 Å². The Labute approximate surface area is 183 Å². The molecule has 0 saturated carbocycles. The van der Waals surface area contributed by atoms with Gasteiger partial charge in [-0.3, -0.25) is 4.79 Å². The van der Waals surface area contributed by atoms with Crippen molar-refractivity contribution in [3.05, 3.63) is 70.4 Å². The van der Waals surface area contributed by atoms with Crippen LogP contribution in [0.25, 0.3) is 11.3 Å². The van der Waals surface area contributed by atoms with Crippen molar-refractivity contribution in [3.8, 4) is 22.8 Å². The molecule has 1 N–H and O–H groups in total. The van der Waals surface area contributed by atoms with E-state index in [9.17, 15) is 9.59 Å². The molecule has 160 valence electrons. The van der Waals surface area contributed by atoms with Gasteiger partial charge in [-0.05, 0) is 42.5 Å². The highest BCUT2D eigenvalue weighted by Crippen LogP contribution is 2.27. The van der Waals surface area contributed by atoms with Crippen LogP contribution in [-0.2, 0) is 4.74 Å². The van der Waals surface area contributed by atoms with E-state index in [0.29, 0.717) is 34.1 Å². The van der Waals surface area contributed by atoms with Crippen LogP contribution in [0.2, 0.25) is 5.02 Å². The highest BCUT2D eigenvalue weighted by atomic mass is 35.5. The molecule has 0 aliphatic rings. The molecule has 31 heavy (non-hydrogen) atoms. The van der Waals surface area contributed by atoms with E-state index in [2.05, 4.69) is 10.5 Å². The van der Waals surface area contributed by atoms with Gasteiger partial charge >= 0.3 is 5.97 Å². The molecule has 1 heterocycles. The van der Waals surface area contributed by atoms with Gasteiger partial charge < -0.3 is 18.6 Å². The molecule has 0 unspecified atom stereocenters. The standard InChI is InChI=1S/C22H19ClN2O6/c1-28-14-5-7-16(20(11-14)29-2)21(26)25-24-12-15-6-9-19(31-15)13-4-8-18(23)17(10-13)22(27)30-3/h4-12H,1-3H3,(H,25,26)/b24-12-. The van der Waals surface area contributed by atoms with Gasteiger partial charge in [-0.2, -0.15) is 5.10 Å². The fraction of sp³-hybridized carbons (Fsp3) is 0.136. The number of hydrogen-bond acceptors (Lipinski definition) is 7. The van der Waals surface area contributed by atoms with Gasteiger partial charge in [-0.1, -0.05) is 11.6 Å². The second-order valence-electron chi connectivity index (χ2n) is 6.15. The molecule has 0 aliphatic carbocycles. The smallest absolute Gasteiger partial charge is 0.339 e. The summed E-state index contributed by atoms with van der Waals surface area (Å²) >= 11 is 6.04. The Morgan fingerprint density at radius 1 is 1.00 bits per heavy atom. The Kier molecular flexibility index (Phi) is 6.94. The van der Waals surface area contributed by atoms with Gasteiger partial charge in [-0.15, -0.1) is 0 Å². The first-order valence-corrected chi connectivity index (χ1v) is 9.38. The summed E-state index contributed by atoms with van der Waals surface area (Å²) in [6.07, 6.45) is 1.36. The number of carbonyl (C=O) groups excluding carboxylic acids is 2. The van der Waals surface area contributed by atoms with E-state index in [-0.39, 0.29) is 10.6 Å². The van der Waals surface area contributed by atoms with Crippen LogP contribution >= 0.6 is 11.6 Å². The molecule has 0 radical (unpaired) electrons. The van der Waals surface area contributed by atoms with Crippen LogP contribution < -0.4 is 14.9 Å². The first-order valence-electron chi connectivity index (χ1n) is 9.00. The molecule has 0 spiro atoms. The zero-order valence-corrected chi connectivity index (χ0v) is 17.7. The minimum absolute atomic E-state index is 0.231. The molecular weight excluding hydrogens is 424 g/mol. The number of esters is 1. The molecule has 1 amide bonds. The fourth-order valence-electron chi connectivity index (χ4n) is 2.72. The van der Waals surface area contributed by atoms with Crippen molar-refractivity contribution < 1.29 is 28.2 Å². The molecule has 0 saturated heterocycles. The molecular formula is C22H19ClN2O6. The molecule has 8 nitrogen and oxygen atoms in total. The summed E-state index contributed by atoms with van der Waals surface area (Å²) in [4.78, 5) is 24.2. The number of rotatable bonds is 7. The van der Waals surface area contributed by atoms with Crippen LogP contribution in [0.15, 0.2) is 58.0 Å². The number of hydrogen-bond donors (Lipinski definition) is 1. The van der Waals surface area contributed by atoms with Gasteiger partial charge in [0.2, 0.25) is 0 Å². The van der Waals surface area contributed by atoms with Crippen LogP contribution in [0.4, 0.5) is 0 Å². The Balaban J connectivity index is 1.72. The lowest BCUT2D eigenvalue weighted by Gasteiger charge is -2.08. The first-order chi connectivity index (χ1) is 15.0. The number of amides is 1. The number of furan rings is 1. The molecule has 3 rings (SSSR count). The fourth-order valence-corrected chi connectivity index (χ4v) is 2.92. The summed E-state index contributed by atoms with van der Waals surface area (Å²) in [7, 11) is 4.26. The Morgan fingerprint density at radius 2 is 1.81 bits per heavy atom. The van der Waals surface area contributed by atoms with Gasteiger partial charge in [0.05, 0.1) is 43.7 Å². The van der Waals surface area contributed by atoms with E-state index in [0.717, 1.165) is 0 Å². The van der Waals surface area contributed by atoms with Gasteiger partial charge in [0.1, 0.15) is 23.0 Å². The average molecular weight is 443 g/mol. The maximum absolute atomic E-state index is 12.4. The van der Waals surface area contributed by atoms with E-state index in [1.54, 1.807) is 48.5 Å². The second-order valence-corrected chi connectivity index (χ2v) is 6.56. The lowest BCUT2D eigenvalue weighted by atomic mass is 10.1. The van der Waals surface area contributed by atoms with E-state index in [4.69, 9.17) is 30.2 Å². The number of hydrazone groups is 1. The molecule has 3 aromatic rings. The normalized spacial score (nSPS) is 10.7. The highest BCUT2D eigenvalue weighted by molar-refractivity contribution is 6.33. The SMILES string of the molecule is COC(=O)c1cc(-c2ccc(/C=N\NC(=O)c3ccc(OC)cc3OC)o2)ccc1Cl. The summed E-state index contributed by atoms with van der Waals surface area (Å²) in [5, 5.41) is 4.19. The van der Waals surface area contributed by atoms with Crippen LogP contribution in [-0.4, -0.2) is 39.4 Å². The van der Waals surface area contributed by atoms with Crippen molar-refractivity contribution >= 4 is 29.7 Å². The minimum Gasteiger partial charge on any atom is -0.497 e. The maximum atomic E-state index is 12.4. The highest BCUT2D eigenvalue weighted by Gasteiger charge is 2.14. The molecule has 0 bridgehead atoms. The van der Waals surface area contributed by atoms with Crippen molar-refractivity contribution in [3.63, 3.8) is 0 Å². The predicted molar refractivity (Wildman–Crippen MR) is 115 cm³/mol. The summed E-state index contributed by atoms with van der Waals surface area (Å²) in [5.41, 5.74) is 3.59. The van der Waals surface area contributed by atoms with Crippen LogP contribution in [0.5, 0.6) is 11.5 Å². The van der Waals surface area contributed by atoms with Gasteiger partial charge in [-0.25, -0.2) is 10.2 Å². The van der Waals surface area contributed by atoms with Gasteiger partial charge in [0.15, 0.2) is 0 Å². The summed E-state index contributed by atoms with van der Waals surface area (Å²) in [5.74, 6) is 0.812. The molecule has 9 heteroatoms. The molecule has 0 atom stereocenters. The molecule has 0 fully saturated rings. The summed E-state index contributed by atoms with van der Waals surface area (Å²) in [6.45, 7) is 0. The van der Waals surface area contributed by atoms with Gasteiger partial charge in [0, 0.05) is 11.6 Å². The Morgan fingerprint density at radius 3 is 2.52 bits per heavy atom. The monoisotopic (exact) mass is 442 g/mol. The summed E-state index contributed by atoms with van der Waals surface area (Å²) in [6, 6.07) is 13.1. The van der Waals surface area contributed by atoms with Gasteiger partial charge in [0.25, 0.3) is 5.91 Å². The number of halogens is 1. The Bertz CT molecular complexity index is 1140. The third kappa shape index (κ3) is 5.04. The quantitative estimate of drug-likeness (QED) is 0.335. The van der Waals surface area contributed by atoms with Crippen LogP contribution in [0.3, 0.4) is 0 Å². The van der Waals surface area contributed by atoms with Crippen LogP contribution in [0.1, 0.15) is 26.5 Å². The van der Waals surface area contributed by atoms with Crippen molar-refractivity contribution in [1.29, 1.82) is 0 Å². The number of methoxy groups -OCH3 is 3. The lowest BCUT2D eigenvalue weighted by Crippen LogP contribution is -2.18. The number of ether oxygens (including phenoxy) is 3. The van der Waals surface area contributed by atoms with E-state index in [1.807, 2.05) is 0 Å². The van der Waals surface area contributed by atoms with Crippen molar-refractivity contribution in [2.75, 3.05) is 21.3 Å². The van der Waals surface area contributed by atoms with Crippen molar-refractivity contribution in [1.82, 2.24) is 5.43 Å². The zero-order chi connectivity index (χ0) is 22.4. The zero-order valence-electron chi connectivity index (χ0n) is 17.0. The lowest BCUT2D eigenvalue weighted by molar-refractivity contribution is 0.0601. The second kappa shape index (κ2) is 9.82. The first kappa shape index (κ1) is 21.9. The van der Waals surface area contributed by atoms with Crippen molar-refractivity contribution in [2.24, 2.45) is 5.10 Å². The third-order valence-corrected chi connectivity index (χ3v) is 4.62. The number of carbonyl (C=O) groups is 2. The molecule has 0 aliphatic heterocycles. The number of nitrogens with one attached hydrogen (secondary N) is 1. The van der Waals surface area contributed by atoms with E-state index < -0.39 is 11.9 Å². The predicted octanol–water partition coefficient (Wildman–Crippen LogP) is 4.17. The Hall–Kier alpha value is -3.78. The third-order valence-electron chi connectivity index (χ3n) is 4.29. The molecule has 1 aromatic heterocycles. The largest absolute Gasteiger partial charge is 0.497 e. The average Bonchev–Trinajstić information content (AvgIpc) is 3.27. The number of nitrogens with zero attached hydrogens (tertiary/aromatic N) is 1. The molecule has 2 aromatic carbocycles.